The molecule has 0 aliphatic heterocycles. The molecule has 3 aromatic heterocycles. The van der Waals surface area contributed by atoms with Gasteiger partial charge in [-0.3, -0.25) is 9.13 Å². The van der Waals surface area contributed by atoms with Crippen molar-refractivity contribution in [2.75, 3.05) is 0 Å². The van der Waals surface area contributed by atoms with Gasteiger partial charge in [0.05, 0.1) is 22.4 Å². The normalized spacial score (nSPS) is 12.6. The van der Waals surface area contributed by atoms with E-state index in [1.807, 2.05) is 12.3 Å². The fraction of sp³-hybridized carbons (Fsp3) is 0.333. The molecular formula is C60H66N4O2. The second kappa shape index (κ2) is 16.8. The van der Waals surface area contributed by atoms with Gasteiger partial charge in [-0.15, -0.1) is 0 Å². The summed E-state index contributed by atoms with van der Waals surface area (Å²) in [5, 5.41) is 2.30. The van der Waals surface area contributed by atoms with E-state index in [2.05, 4.69) is 215 Å². The SMILES string of the molecule is CC(C)c1cc2c(oc3ccccc32)c(C(C)C)c1-n1ccnc1-c1cc(Oc2cc(-c3nc4ccccc4n3-c3c(C(C)C)cccc3C(C)C)cc(C(C)(C)C)c2)cc(C(C)(C)C)c1. The number of nitrogens with zero attached hydrogens (tertiary/aromatic N) is 4. The van der Waals surface area contributed by atoms with E-state index in [0.717, 1.165) is 78.5 Å². The van der Waals surface area contributed by atoms with Crippen LogP contribution in [0.1, 0.15) is 154 Å². The van der Waals surface area contributed by atoms with Crippen molar-refractivity contribution >= 4 is 33.0 Å². The molecule has 0 atom stereocenters. The highest BCUT2D eigenvalue weighted by Crippen LogP contribution is 2.45. The van der Waals surface area contributed by atoms with Gasteiger partial charge in [-0.25, -0.2) is 9.97 Å². The zero-order valence-electron chi connectivity index (χ0n) is 41.5. The molecule has 0 aliphatic carbocycles. The fourth-order valence-electron chi connectivity index (χ4n) is 9.63. The zero-order valence-corrected chi connectivity index (χ0v) is 41.5. The second-order valence-corrected chi connectivity index (χ2v) is 21.6. The third-order valence-corrected chi connectivity index (χ3v) is 13.2. The van der Waals surface area contributed by atoms with E-state index < -0.39 is 0 Å². The number of imidazole rings is 2. The molecule has 0 aliphatic rings. The van der Waals surface area contributed by atoms with Gasteiger partial charge in [-0.2, -0.15) is 0 Å². The first kappa shape index (κ1) is 44.8. The summed E-state index contributed by atoms with van der Waals surface area (Å²) in [6.07, 6.45) is 4.03. The number of hydrogen-bond donors (Lipinski definition) is 0. The molecule has 0 fully saturated rings. The van der Waals surface area contributed by atoms with Crippen molar-refractivity contribution in [2.24, 2.45) is 0 Å². The highest BCUT2D eigenvalue weighted by atomic mass is 16.5. The number of benzene rings is 6. The van der Waals surface area contributed by atoms with Crippen LogP contribution in [0.15, 0.2) is 126 Å². The third-order valence-electron chi connectivity index (χ3n) is 13.2. The van der Waals surface area contributed by atoms with Crippen LogP contribution in [0.2, 0.25) is 0 Å². The maximum absolute atomic E-state index is 7.17. The first-order valence-corrected chi connectivity index (χ1v) is 23.9. The average molecular weight is 875 g/mol. The van der Waals surface area contributed by atoms with Crippen molar-refractivity contribution < 1.29 is 9.15 Å². The monoisotopic (exact) mass is 875 g/mol. The summed E-state index contributed by atoms with van der Waals surface area (Å²) in [6, 6.07) is 39.3. The van der Waals surface area contributed by atoms with Crippen LogP contribution in [0.5, 0.6) is 11.5 Å². The minimum absolute atomic E-state index is 0.170. The van der Waals surface area contributed by atoms with E-state index in [9.17, 15) is 0 Å². The predicted octanol–water partition coefficient (Wildman–Crippen LogP) is 17.3. The van der Waals surface area contributed by atoms with Crippen LogP contribution in [-0.2, 0) is 10.8 Å². The Hall–Kier alpha value is -6.40. The van der Waals surface area contributed by atoms with Crippen LogP contribution in [0, 0.1) is 0 Å². The molecule has 6 nitrogen and oxygen atoms in total. The van der Waals surface area contributed by atoms with Crippen molar-refractivity contribution in [3.05, 3.63) is 155 Å². The quantitative estimate of drug-likeness (QED) is 0.137. The van der Waals surface area contributed by atoms with Gasteiger partial charge in [-0.05, 0) is 123 Å². The van der Waals surface area contributed by atoms with E-state index in [0.29, 0.717) is 11.8 Å². The topological polar surface area (TPSA) is 58.0 Å². The number of hydrogen-bond acceptors (Lipinski definition) is 4. The van der Waals surface area contributed by atoms with Crippen molar-refractivity contribution in [1.29, 1.82) is 0 Å². The molecular weight excluding hydrogens is 809 g/mol. The molecule has 9 aromatic rings. The summed E-state index contributed by atoms with van der Waals surface area (Å²) < 4.78 is 18.6. The van der Waals surface area contributed by atoms with Crippen molar-refractivity contribution in [3.8, 4) is 45.6 Å². The largest absolute Gasteiger partial charge is 0.457 e. The van der Waals surface area contributed by atoms with E-state index in [1.54, 1.807) is 0 Å². The van der Waals surface area contributed by atoms with Crippen LogP contribution in [-0.4, -0.2) is 19.1 Å². The first-order chi connectivity index (χ1) is 31.3. The lowest BCUT2D eigenvalue weighted by molar-refractivity contribution is 0.475. The fourth-order valence-corrected chi connectivity index (χ4v) is 9.63. The third kappa shape index (κ3) is 8.03. The number of aromatic nitrogens is 4. The minimum atomic E-state index is -0.174. The number of rotatable bonds is 10. The van der Waals surface area contributed by atoms with Crippen LogP contribution in [0.3, 0.4) is 0 Å². The van der Waals surface area contributed by atoms with E-state index in [4.69, 9.17) is 19.1 Å². The van der Waals surface area contributed by atoms with Gasteiger partial charge in [0.25, 0.3) is 0 Å². The van der Waals surface area contributed by atoms with Crippen molar-refractivity contribution in [1.82, 2.24) is 19.1 Å². The standard InChI is InChI=1S/C60H66N4O2/c1-35(2)45-21-19-22-46(36(3)4)54(45)64-51-24-17-16-23-50(51)62-58(64)40-29-42(60(12,13)14)33-44(31-40)65-43-30-39(28-41(32-43)59(9,10)11)57-61-26-27-63(57)55-48(37(5)6)34-49-47-20-15-18-25-52(47)66-56(49)53(55)38(7)8/h15-38H,1-14H3. The molecule has 0 radical (unpaired) electrons. The lowest BCUT2D eigenvalue weighted by atomic mass is 9.85. The van der Waals surface area contributed by atoms with Crippen molar-refractivity contribution in [3.63, 3.8) is 0 Å². The number of ether oxygens (including phenoxy) is 1. The molecule has 0 bridgehead atoms. The summed E-state index contributed by atoms with van der Waals surface area (Å²) >= 11 is 0. The highest BCUT2D eigenvalue weighted by Gasteiger charge is 2.28. The Morgan fingerprint density at radius 3 is 1.71 bits per heavy atom. The van der Waals surface area contributed by atoms with E-state index >= 15 is 0 Å². The molecule has 0 saturated carbocycles. The molecule has 9 rings (SSSR count). The predicted molar refractivity (Wildman–Crippen MR) is 277 cm³/mol. The van der Waals surface area contributed by atoms with E-state index in [-0.39, 0.29) is 22.7 Å². The first-order valence-electron chi connectivity index (χ1n) is 23.9. The van der Waals surface area contributed by atoms with Gasteiger partial charge < -0.3 is 9.15 Å². The molecule has 0 unspecified atom stereocenters. The molecule has 0 amide bonds. The van der Waals surface area contributed by atoms with Crippen LogP contribution >= 0.6 is 0 Å². The Morgan fingerprint density at radius 2 is 1.12 bits per heavy atom. The van der Waals surface area contributed by atoms with Gasteiger partial charge in [-0.1, -0.05) is 145 Å². The lowest BCUT2D eigenvalue weighted by Crippen LogP contribution is -2.13. The molecule has 6 aromatic carbocycles. The van der Waals surface area contributed by atoms with Gasteiger partial charge in [0, 0.05) is 39.9 Å². The summed E-state index contributed by atoms with van der Waals surface area (Å²) in [6.45, 7) is 31.8. The summed E-state index contributed by atoms with van der Waals surface area (Å²) in [7, 11) is 0. The molecule has 0 N–H and O–H groups in total. The molecule has 6 heteroatoms. The highest BCUT2D eigenvalue weighted by molar-refractivity contribution is 6.07. The van der Waals surface area contributed by atoms with Gasteiger partial charge in [0.15, 0.2) is 0 Å². The second-order valence-electron chi connectivity index (χ2n) is 21.6. The van der Waals surface area contributed by atoms with Gasteiger partial charge in [0.2, 0.25) is 0 Å². The summed E-state index contributed by atoms with van der Waals surface area (Å²) in [5.74, 6) is 4.33. The van der Waals surface area contributed by atoms with Crippen LogP contribution < -0.4 is 4.74 Å². The molecule has 3 heterocycles. The minimum Gasteiger partial charge on any atom is -0.457 e. The molecule has 66 heavy (non-hydrogen) atoms. The maximum atomic E-state index is 7.17. The number of furan rings is 1. The smallest absolute Gasteiger partial charge is 0.145 e. The summed E-state index contributed by atoms with van der Waals surface area (Å²) in [4.78, 5) is 10.5. The number of para-hydroxylation sites is 4. The zero-order chi connectivity index (χ0) is 47.0. The summed E-state index contributed by atoms with van der Waals surface area (Å²) in [5.41, 5.74) is 15.3. The Balaban J connectivity index is 1.23. The van der Waals surface area contributed by atoms with Crippen molar-refractivity contribution in [2.45, 2.75) is 131 Å². The Morgan fingerprint density at radius 1 is 0.545 bits per heavy atom. The van der Waals surface area contributed by atoms with Gasteiger partial charge >= 0.3 is 0 Å². The Bertz CT molecular complexity index is 3240. The number of fused-ring (bicyclic) bond motifs is 4. The molecule has 0 spiro atoms. The Kier molecular flexibility index (Phi) is 11.4. The Labute approximate surface area is 391 Å². The van der Waals surface area contributed by atoms with Crippen LogP contribution in [0.25, 0.3) is 67.1 Å². The van der Waals surface area contributed by atoms with Crippen LogP contribution in [0.4, 0.5) is 0 Å². The van der Waals surface area contributed by atoms with Gasteiger partial charge in [0.1, 0.15) is 34.3 Å². The van der Waals surface area contributed by atoms with E-state index in [1.165, 1.54) is 33.5 Å². The average Bonchev–Trinajstić information content (AvgIpc) is 4.00. The lowest BCUT2D eigenvalue weighted by Gasteiger charge is -2.25. The molecule has 0 saturated heterocycles. The maximum Gasteiger partial charge on any atom is 0.145 e. The molecule has 338 valence electrons.